The standard InChI is InChI=1S/2C18H19N3O5S.2K/c2*1-9-8-19-14(10(2)15(9)26-4)16(17(22)23)27(24)18-20-12-6-5-11(25-3)7-13(12)21-18;;/h2*5-8,16H,1-4H3,(H,20,21)(H,22,23);;/q;;2*+1/p-2. The molecule has 0 radical (unpaired) electrons. The number of pyridine rings is 2. The summed E-state index contributed by atoms with van der Waals surface area (Å²) in [5.41, 5.74) is 4.99. The van der Waals surface area contributed by atoms with Gasteiger partial charge in [-0.3, -0.25) is 19.9 Å². The number of H-pyrrole nitrogens is 2. The van der Waals surface area contributed by atoms with E-state index in [9.17, 15) is 28.9 Å². The first-order valence-corrected chi connectivity index (χ1v) is 18.5. The number of fused-ring (bicyclic) bond motifs is 2. The van der Waals surface area contributed by atoms with Crippen LogP contribution in [0.15, 0.2) is 59.1 Å². The number of nitrogens with zero attached hydrogens (tertiary/aromatic N) is 4. The van der Waals surface area contributed by atoms with Gasteiger partial charge in [0.05, 0.1) is 50.5 Å². The van der Waals surface area contributed by atoms with Crippen LogP contribution < -0.4 is 132 Å². The van der Waals surface area contributed by atoms with Crippen molar-refractivity contribution >= 4 is 56.4 Å². The third-order valence-corrected chi connectivity index (χ3v) is 11.3. The van der Waals surface area contributed by atoms with Crippen LogP contribution in [-0.2, 0) is 31.9 Å². The summed E-state index contributed by atoms with van der Waals surface area (Å²) in [6.07, 6.45) is 2.97. The molecule has 4 atom stereocenters. The third-order valence-electron chi connectivity index (χ3n) is 8.44. The van der Waals surface area contributed by atoms with Gasteiger partial charge in [-0.2, -0.15) is 9.97 Å². The second-order valence-electron chi connectivity index (χ2n) is 11.8. The summed E-state index contributed by atoms with van der Waals surface area (Å²) >= 11 is -4.12. The Labute approximate surface area is 413 Å². The number of nitrogens with one attached hydrogen (secondary N) is 2. The molecule has 0 bridgehead atoms. The van der Waals surface area contributed by atoms with Gasteiger partial charge in [0.2, 0.25) is 10.5 Å². The molecule has 56 heavy (non-hydrogen) atoms. The SMILES string of the molecule is COc1ccc2[nH]c([S+]([O-])C(C(=O)[O-])c3ncc(C)c(OC)c3C)nc2c1.COc1ccc2nc([S+]([O-])C(C(=O)[O-])c3ncc(C)c(OC)c3C)[nH]c2c1.[K+].[K+]. The average molecular weight is 855 g/mol. The van der Waals surface area contributed by atoms with Crippen molar-refractivity contribution in [1.82, 2.24) is 29.9 Å². The number of imidazole rings is 2. The Bertz CT molecular complexity index is 2180. The van der Waals surface area contributed by atoms with Crippen molar-refractivity contribution in [3.8, 4) is 23.0 Å². The molecule has 20 heteroatoms. The van der Waals surface area contributed by atoms with Gasteiger partial charge in [0.15, 0.2) is 0 Å². The summed E-state index contributed by atoms with van der Waals surface area (Å²) in [5, 5.41) is 20.7. The molecule has 0 spiro atoms. The molecule has 284 valence electrons. The van der Waals surface area contributed by atoms with Gasteiger partial charge in [0.25, 0.3) is 0 Å². The van der Waals surface area contributed by atoms with Crippen LogP contribution in [0.4, 0.5) is 0 Å². The Balaban J connectivity index is 0.000000290. The Kier molecular flexibility index (Phi) is 18.1. The van der Waals surface area contributed by atoms with Crippen LogP contribution in [0.3, 0.4) is 0 Å². The van der Waals surface area contributed by atoms with Crippen LogP contribution in [0.5, 0.6) is 23.0 Å². The molecule has 2 aromatic carbocycles. The number of aliphatic carboxylic acids is 2. The number of aromatic nitrogens is 6. The Morgan fingerprint density at radius 3 is 1.50 bits per heavy atom. The number of methoxy groups -OCH3 is 4. The number of carboxylic acids is 2. The van der Waals surface area contributed by atoms with Crippen LogP contribution >= 0.6 is 0 Å². The smallest absolute Gasteiger partial charge is 0.608 e. The van der Waals surface area contributed by atoms with Crippen LogP contribution in [0.2, 0.25) is 0 Å². The molecule has 0 saturated carbocycles. The van der Waals surface area contributed by atoms with Gasteiger partial charge in [0, 0.05) is 69.1 Å². The summed E-state index contributed by atoms with van der Waals surface area (Å²) in [6, 6.07) is 10.2. The number of aryl methyl sites for hydroxylation is 2. The van der Waals surface area contributed by atoms with E-state index < -0.39 is 44.8 Å². The largest absolute Gasteiger partial charge is 1.00 e. The summed E-state index contributed by atoms with van der Waals surface area (Å²) in [6.45, 7) is 6.93. The topological polar surface area (TPSA) is 246 Å². The van der Waals surface area contributed by atoms with E-state index in [0.717, 1.165) is 11.1 Å². The first kappa shape index (κ1) is 48.1. The molecule has 2 N–H and O–H groups in total. The van der Waals surface area contributed by atoms with Crippen molar-refractivity contribution in [2.45, 2.75) is 48.5 Å². The minimum absolute atomic E-state index is 0. The molecular weight excluding hydrogens is 819 g/mol. The first-order chi connectivity index (χ1) is 25.7. The summed E-state index contributed by atoms with van der Waals surface area (Å²) in [5.74, 6) is -0.833. The predicted molar refractivity (Wildman–Crippen MR) is 194 cm³/mol. The number of carbonyl (C=O) groups is 2. The van der Waals surface area contributed by atoms with E-state index in [2.05, 4.69) is 29.9 Å². The first-order valence-electron chi connectivity index (χ1n) is 16.0. The van der Waals surface area contributed by atoms with Crippen molar-refractivity contribution in [2.75, 3.05) is 28.4 Å². The Morgan fingerprint density at radius 2 is 1.05 bits per heavy atom. The molecule has 0 aliphatic heterocycles. The second-order valence-corrected chi connectivity index (χ2v) is 14.7. The molecule has 4 aromatic heterocycles. The van der Waals surface area contributed by atoms with Gasteiger partial charge in [-0.25, -0.2) is 0 Å². The van der Waals surface area contributed by atoms with Gasteiger partial charge in [0.1, 0.15) is 46.3 Å². The Morgan fingerprint density at radius 1 is 0.625 bits per heavy atom. The molecule has 4 unspecified atom stereocenters. The average Bonchev–Trinajstić information content (AvgIpc) is 3.78. The summed E-state index contributed by atoms with van der Waals surface area (Å²) in [4.78, 5) is 46.3. The minimum Gasteiger partial charge on any atom is -0.608 e. The van der Waals surface area contributed by atoms with Crippen LogP contribution in [0.25, 0.3) is 22.1 Å². The molecule has 0 aliphatic carbocycles. The van der Waals surface area contributed by atoms with Crippen LogP contribution in [0, 0.1) is 27.7 Å². The molecule has 0 saturated heterocycles. The molecule has 6 aromatic rings. The van der Waals surface area contributed by atoms with Crippen LogP contribution in [0.1, 0.15) is 44.1 Å². The van der Waals surface area contributed by atoms with E-state index in [-0.39, 0.29) is 124 Å². The number of ether oxygens (including phenoxy) is 4. The molecule has 4 heterocycles. The molecule has 16 nitrogen and oxygen atoms in total. The van der Waals surface area contributed by atoms with E-state index in [1.54, 1.807) is 64.1 Å². The fourth-order valence-electron chi connectivity index (χ4n) is 5.82. The van der Waals surface area contributed by atoms with Crippen LogP contribution in [-0.4, -0.2) is 79.4 Å². The number of hydrogen-bond donors (Lipinski definition) is 2. The van der Waals surface area contributed by atoms with Crippen molar-refractivity contribution in [3.05, 3.63) is 82.4 Å². The number of rotatable bonds is 12. The van der Waals surface area contributed by atoms with Gasteiger partial charge in [-0.05, 0) is 52.0 Å². The van der Waals surface area contributed by atoms with E-state index in [4.69, 9.17) is 18.9 Å². The van der Waals surface area contributed by atoms with Crippen molar-refractivity contribution in [1.29, 1.82) is 0 Å². The van der Waals surface area contributed by atoms with E-state index in [0.29, 0.717) is 56.2 Å². The molecular formula is C36H36K2N6O10S2. The van der Waals surface area contributed by atoms with Gasteiger partial charge < -0.3 is 47.9 Å². The minimum atomic E-state index is -2.06. The molecule has 0 aliphatic rings. The van der Waals surface area contributed by atoms with Gasteiger partial charge >= 0.3 is 113 Å². The molecule has 0 fully saturated rings. The number of carboxylic acid groups (broad SMARTS) is 2. The maximum absolute atomic E-state index is 13.0. The third kappa shape index (κ3) is 10.3. The maximum atomic E-state index is 13.0. The molecule has 6 rings (SSSR count). The fraction of sp³-hybridized carbons (Fsp3) is 0.278. The number of carbonyl (C=O) groups excluding carboxylic acids is 2. The van der Waals surface area contributed by atoms with Crippen molar-refractivity contribution < 1.29 is 151 Å². The van der Waals surface area contributed by atoms with Gasteiger partial charge in [-0.1, -0.05) is 0 Å². The number of hydrogen-bond acceptors (Lipinski definition) is 14. The van der Waals surface area contributed by atoms with Crippen molar-refractivity contribution in [2.24, 2.45) is 0 Å². The number of benzene rings is 2. The molecule has 0 amide bonds. The van der Waals surface area contributed by atoms with E-state index in [1.165, 1.54) is 40.8 Å². The summed E-state index contributed by atoms with van der Waals surface area (Å²) in [7, 11) is 6.02. The monoisotopic (exact) mass is 854 g/mol. The normalized spacial score (nSPS) is 12.9. The fourth-order valence-corrected chi connectivity index (χ4v) is 8.30. The zero-order chi connectivity index (χ0) is 39.4. The number of aromatic amines is 2. The Hall–Kier alpha value is -2.29. The second kappa shape index (κ2) is 21.1. The zero-order valence-corrected chi connectivity index (χ0v) is 40.3. The quantitative estimate of drug-likeness (QED) is 0.0893. The van der Waals surface area contributed by atoms with Crippen molar-refractivity contribution in [3.63, 3.8) is 0 Å². The zero-order valence-electron chi connectivity index (χ0n) is 32.5. The summed E-state index contributed by atoms with van der Waals surface area (Å²) < 4.78 is 47.0. The maximum Gasteiger partial charge on any atom is 1.00 e. The van der Waals surface area contributed by atoms with E-state index >= 15 is 0 Å². The van der Waals surface area contributed by atoms with E-state index in [1.807, 2.05) is 0 Å². The van der Waals surface area contributed by atoms with Gasteiger partial charge in [-0.15, -0.1) is 0 Å². The predicted octanol–water partition coefficient (Wildman–Crippen LogP) is -3.61.